The Morgan fingerprint density at radius 2 is 2.18 bits per heavy atom. The van der Waals surface area contributed by atoms with Gasteiger partial charge in [0.15, 0.2) is 0 Å². The normalized spacial score (nSPS) is 9.65. The van der Waals surface area contributed by atoms with Gasteiger partial charge in [-0.2, -0.15) is 5.26 Å². The van der Waals surface area contributed by atoms with E-state index in [1.54, 1.807) is 19.4 Å². The lowest BCUT2D eigenvalue weighted by atomic mass is 10.1. The van der Waals surface area contributed by atoms with Gasteiger partial charge in [-0.25, -0.2) is 9.97 Å². The first-order valence-electron chi connectivity index (χ1n) is 5.17. The molecular formula is C13H11N3O. The molecule has 0 bridgehead atoms. The molecule has 2 heterocycles. The van der Waals surface area contributed by atoms with Crippen molar-refractivity contribution in [1.29, 1.82) is 5.26 Å². The monoisotopic (exact) mass is 225 g/mol. The number of aromatic nitrogens is 2. The van der Waals surface area contributed by atoms with Crippen LogP contribution in [0.25, 0.3) is 0 Å². The van der Waals surface area contributed by atoms with Crippen molar-refractivity contribution in [2.45, 2.75) is 6.42 Å². The minimum Gasteiger partial charge on any atom is -0.481 e. The molecule has 2 aromatic heterocycles. The molecule has 0 fully saturated rings. The van der Waals surface area contributed by atoms with E-state index in [2.05, 4.69) is 9.97 Å². The highest BCUT2D eigenvalue weighted by Gasteiger charge is 2.00. The predicted octanol–water partition coefficient (Wildman–Crippen LogP) is 1.95. The molecule has 2 rings (SSSR count). The van der Waals surface area contributed by atoms with Crippen LogP contribution in [0.1, 0.15) is 17.0 Å². The van der Waals surface area contributed by atoms with Gasteiger partial charge < -0.3 is 4.74 Å². The molecule has 0 amide bonds. The highest BCUT2D eigenvalue weighted by atomic mass is 16.5. The highest BCUT2D eigenvalue weighted by molar-refractivity contribution is 5.26. The maximum absolute atomic E-state index is 8.76. The second-order valence-electron chi connectivity index (χ2n) is 3.51. The Morgan fingerprint density at radius 1 is 1.29 bits per heavy atom. The van der Waals surface area contributed by atoms with Gasteiger partial charge in [0.1, 0.15) is 11.8 Å². The average Bonchev–Trinajstić information content (AvgIpc) is 2.40. The SMILES string of the molecule is COc1ccc(Cc2cccc(C#N)n2)cn1. The van der Waals surface area contributed by atoms with Gasteiger partial charge in [0.25, 0.3) is 0 Å². The molecule has 0 atom stereocenters. The summed E-state index contributed by atoms with van der Waals surface area (Å²) in [4.78, 5) is 8.33. The molecule has 0 N–H and O–H groups in total. The van der Waals surface area contributed by atoms with E-state index in [1.165, 1.54) is 0 Å². The molecule has 2 aromatic rings. The van der Waals surface area contributed by atoms with Gasteiger partial charge in [-0.05, 0) is 17.7 Å². The second-order valence-corrected chi connectivity index (χ2v) is 3.51. The summed E-state index contributed by atoms with van der Waals surface area (Å²) in [5.74, 6) is 0.590. The molecule has 0 aromatic carbocycles. The third-order valence-electron chi connectivity index (χ3n) is 2.31. The van der Waals surface area contributed by atoms with E-state index in [0.717, 1.165) is 11.3 Å². The maximum Gasteiger partial charge on any atom is 0.212 e. The molecule has 84 valence electrons. The van der Waals surface area contributed by atoms with E-state index in [1.807, 2.05) is 30.3 Å². The van der Waals surface area contributed by atoms with Crippen LogP contribution in [0, 0.1) is 11.3 Å². The average molecular weight is 225 g/mol. The zero-order valence-corrected chi connectivity index (χ0v) is 9.42. The van der Waals surface area contributed by atoms with Crippen LogP contribution in [-0.2, 0) is 6.42 Å². The standard InChI is InChI=1S/C13H11N3O/c1-17-13-6-5-10(9-15-13)7-11-3-2-4-12(8-14)16-11/h2-6,9H,7H2,1H3. The van der Waals surface area contributed by atoms with Crippen molar-refractivity contribution in [2.75, 3.05) is 7.11 Å². The fraction of sp³-hybridized carbons (Fsp3) is 0.154. The van der Waals surface area contributed by atoms with E-state index in [0.29, 0.717) is 18.0 Å². The van der Waals surface area contributed by atoms with Crippen molar-refractivity contribution in [2.24, 2.45) is 0 Å². The first-order chi connectivity index (χ1) is 8.31. The summed E-state index contributed by atoms with van der Waals surface area (Å²) < 4.78 is 4.99. The third-order valence-corrected chi connectivity index (χ3v) is 2.31. The Hall–Kier alpha value is -2.41. The fourth-order valence-corrected chi connectivity index (χ4v) is 1.49. The Morgan fingerprint density at radius 3 is 2.82 bits per heavy atom. The van der Waals surface area contributed by atoms with Gasteiger partial charge in [0, 0.05) is 24.4 Å². The minimum absolute atomic E-state index is 0.434. The number of nitrogens with zero attached hydrogens (tertiary/aromatic N) is 3. The summed E-state index contributed by atoms with van der Waals surface area (Å²) in [6.45, 7) is 0. The molecule has 0 radical (unpaired) electrons. The summed E-state index contributed by atoms with van der Waals surface area (Å²) >= 11 is 0. The number of nitriles is 1. The number of hydrogen-bond acceptors (Lipinski definition) is 4. The van der Waals surface area contributed by atoms with Crippen LogP contribution < -0.4 is 4.74 Å². The van der Waals surface area contributed by atoms with Crippen molar-refractivity contribution >= 4 is 0 Å². The predicted molar refractivity (Wildman–Crippen MR) is 62.5 cm³/mol. The lowest BCUT2D eigenvalue weighted by molar-refractivity contribution is 0.397. The summed E-state index contributed by atoms with van der Waals surface area (Å²) in [6.07, 6.45) is 2.41. The van der Waals surface area contributed by atoms with Gasteiger partial charge in [-0.1, -0.05) is 12.1 Å². The number of ether oxygens (including phenoxy) is 1. The van der Waals surface area contributed by atoms with Gasteiger partial charge in [0.2, 0.25) is 5.88 Å². The summed E-state index contributed by atoms with van der Waals surface area (Å²) in [5.41, 5.74) is 2.33. The molecule has 0 aliphatic rings. The van der Waals surface area contributed by atoms with E-state index < -0.39 is 0 Å². The Kier molecular flexibility index (Phi) is 3.31. The molecule has 0 aliphatic heterocycles. The third kappa shape index (κ3) is 2.79. The molecule has 4 nitrogen and oxygen atoms in total. The summed E-state index contributed by atoms with van der Waals surface area (Å²) in [7, 11) is 1.58. The molecule has 0 saturated heterocycles. The molecular weight excluding hydrogens is 214 g/mol. The van der Waals surface area contributed by atoms with E-state index >= 15 is 0 Å². The van der Waals surface area contributed by atoms with Crippen LogP contribution in [0.3, 0.4) is 0 Å². The van der Waals surface area contributed by atoms with Crippen molar-refractivity contribution in [1.82, 2.24) is 9.97 Å². The number of rotatable bonds is 3. The van der Waals surface area contributed by atoms with Crippen molar-refractivity contribution < 1.29 is 4.74 Å². The molecule has 0 spiro atoms. The molecule has 4 heteroatoms. The molecule has 17 heavy (non-hydrogen) atoms. The molecule has 0 aliphatic carbocycles. The van der Waals surface area contributed by atoms with Crippen LogP contribution in [0.5, 0.6) is 5.88 Å². The topological polar surface area (TPSA) is 58.8 Å². The van der Waals surface area contributed by atoms with Gasteiger partial charge in [-0.15, -0.1) is 0 Å². The first-order valence-corrected chi connectivity index (χ1v) is 5.17. The zero-order valence-electron chi connectivity index (χ0n) is 9.42. The smallest absolute Gasteiger partial charge is 0.212 e. The lowest BCUT2D eigenvalue weighted by Gasteiger charge is -2.02. The van der Waals surface area contributed by atoms with Crippen LogP contribution in [0.2, 0.25) is 0 Å². The highest BCUT2D eigenvalue weighted by Crippen LogP contribution is 2.10. The van der Waals surface area contributed by atoms with E-state index in [9.17, 15) is 0 Å². The van der Waals surface area contributed by atoms with E-state index in [-0.39, 0.29) is 0 Å². The lowest BCUT2D eigenvalue weighted by Crippen LogP contribution is -1.95. The van der Waals surface area contributed by atoms with Crippen molar-refractivity contribution in [3.05, 3.63) is 53.5 Å². The number of methoxy groups -OCH3 is 1. The number of hydrogen-bond donors (Lipinski definition) is 0. The fourth-order valence-electron chi connectivity index (χ4n) is 1.49. The first kappa shape index (κ1) is 11.1. The second kappa shape index (κ2) is 5.08. The maximum atomic E-state index is 8.76. The van der Waals surface area contributed by atoms with Gasteiger partial charge in [-0.3, -0.25) is 0 Å². The molecule has 0 unspecified atom stereocenters. The van der Waals surface area contributed by atoms with Gasteiger partial charge in [0.05, 0.1) is 7.11 Å². The van der Waals surface area contributed by atoms with Crippen LogP contribution in [0.4, 0.5) is 0 Å². The van der Waals surface area contributed by atoms with Crippen LogP contribution in [-0.4, -0.2) is 17.1 Å². The van der Waals surface area contributed by atoms with Crippen molar-refractivity contribution in [3.63, 3.8) is 0 Å². The molecule has 0 saturated carbocycles. The number of pyridine rings is 2. The quantitative estimate of drug-likeness (QED) is 0.801. The summed E-state index contributed by atoms with van der Waals surface area (Å²) in [6, 6.07) is 11.2. The Labute approximate surface area is 99.5 Å². The summed E-state index contributed by atoms with van der Waals surface area (Å²) in [5, 5.41) is 8.76. The largest absolute Gasteiger partial charge is 0.481 e. The van der Waals surface area contributed by atoms with Gasteiger partial charge >= 0.3 is 0 Å². The zero-order chi connectivity index (χ0) is 12.1. The van der Waals surface area contributed by atoms with Crippen LogP contribution in [0.15, 0.2) is 36.5 Å². The van der Waals surface area contributed by atoms with Crippen molar-refractivity contribution in [3.8, 4) is 11.9 Å². The Balaban J connectivity index is 2.16. The van der Waals surface area contributed by atoms with Crippen LogP contribution >= 0.6 is 0 Å². The minimum atomic E-state index is 0.434. The Bertz CT molecular complexity index is 543. The van der Waals surface area contributed by atoms with E-state index in [4.69, 9.17) is 10.00 Å².